The summed E-state index contributed by atoms with van der Waals surface area (Å²) in [7, 11) is -2.29. The Labute approximate surface area is 358 Å². The number of ether oxygens (including phenoxy) is 2. The van der Waals surface area contributed by atoms with E-state index in [4.69, 9.17) is 13.9 Å². The van der Waals surface area contributed by atoms with Crippen molar-refractivity contribution in [2.45, 2.75) is 70.1 Å². The Balaban J connectivity index is 1.10. The average Bonchev–Trinajstić information content (AvgIpc) is 3.75. The van der Waals surface area contributed by atoms with Crippen LogP contribution in [0.3, 0.4) is 0 Å². The Hall–Kier alpha value is -5.84. The van der Waals surface area contributed by atoms with E-state index in [9.17, 15) is 49.0 Å². The molecule has 2 amide bonds. The average molecular weight is 895 g/mol. The molecule has 4 atom stereocenters. The van der Waals surface area contributed by atoms with Crippen LogP contribution in [-0.2, 0) is 28.3 Å². The van der Waals surface area contributed by atoms with Gasteiger partial charge in [-0.25, -0.2) is 24.2 Å². The number of fused-ring (bicyclic) bond motifs is 1. The number of thioether (sulfide) groups is 1. The fraction of sp³-hybridized carbons (Fsp3) is 0.410. The molecule has 3 aromatic rings. The first kappa shape index (κ1) is 44.7. The van der Waals surface area contributed by atoms with Gasteiger partial charge in [0.1, 0.15) is 17.9 Å². The lowest BCUT2D eigenvalue weighted by molar-refractivity contribution is -0.385. The lowest BCUT2D eigenvalue weighted by atomic mass is 9.79. The largest absolute Gasteiger partial charge is 0.413 e. The number of anilines is 1. The number of β-lactam (4-membered cyclic amide) rings is 1. The summed E-state index contributed by atoms with van der Waals surface area (Å²) in [6, 6.07) is 8.64. The van der Waals surface area contributed by atoms with Crippen LogP contribution in [0.15, 0.2) is 64.5 Å². The fourth-order valence-electron chi connectivity index (χ4n) is 6.80. The predicted octanol–water partition coefficient (Wildman–Crippen LogP) is 5.48. The number of carbonyl (C=O) groups excluding carboxylic acids is 6. The van der Waals surface area contributed by atoms with Crippen molar-refractivity contribution in [2.24, 2.45) is 11.8 Å². The number of esters is 4. The first-order valence-corrected chi connectivity index (χ1v) is 23.7. The number of amides is 2. The normalized spacial score (nSPS) is 19.3. The zero-order chi connectivity index (χ0) is 44.7. The first-order chi connectivity index (χ1) is 28.6. The Morgan fingerprint density at radius 3 is 2.00 bits per heavy atom. The zero-order valence-electron chi connectivity index (χ0n) is 34.1. The maximum absolute atomic E-state index is 13.9. The van der Waals surface area contributed by atoms with E-state index in [-0.39, 0.29) is 56.0 Å². The third-order valence-electron chi connectivity index (χ3n) is 11.1. The molecule has 0 aliphatic carbocycles. The number of nitro groups is 2. The van der Waals surface area contributed by atoms with Gasteiger partial charge in [0.2, 0.25) is 5.91 Å². The molecule has 22 heteroatoms. The molecule has 0 bridgehead atoms. The van der Waals surface area contributed by atoms with Crippen molar-refractivity contribution < 1.29 is 52.5 Å². The second-order valence-corrected chi connectivity index (χ2v) is 23.1. The number of thiazole rings is 1. The van der Waals surface area contributed by atoms with E-state index in [1.165, 1.54) is 45.5 Å². The van der Waals surface area contributed by atoms with Crippen molar-refractivity contribution in [3.8, 4) is 0 Å². The highest BCUT2D eigenvalue weighted by molar-refractivity contribution is 8.03. The number of rotatable bonds is 14. The Kier molecular flexibility index (Phi) is 12.6. The standard InChI is InChI=1S/C39H42N6O13S2Si/c1-20-30-29(21(2)58-61(6,7)39(3,4)5)34(48)43(30)31(37(51)57-36(50)23-10-14-25(15-11-23)45(54)55)32(20)60-26-17-42(18-26)38-41-27(19-59-38)33(47)40-16-28(46)56-35(49)22-8-12-24(13-9-22)44(52)53/h8-15,19-21,26,29-30H,16-18H2,1-7H3,(H,40,47)/t20-,21+,29-,30-/m1/s1. The molecule has 0 saturated carbocycles. The van der Waals surface area contributed by atoms with E-state index < -0.39 is 72.6 Å². The summed E-state index contributed by atoms with van der Waals surface area (Å²) in [5, 5.41) is 26.1. The number of hydrogen-bond acceptors (Lipinski definition) is 17. The molecule has 61 heavy (non-hydrogen) atoms. The van der Waals surface area contributed by atoms with Crippen LogP contribution in [0.25, 0.3) is 0 Å². The minimum atomic E-state index is -2.29. The van der Waals surface area contributed by atoms with Crippen LogP contribution in [0.2, 0.25) is 18.1 Å². The van der Waals surface area contributed by atoms with Crippen LogP contribution in [0.5, 0.6) is 0 Å². The number of non-ortho nitro benzene ring substituents is 2. The quantitative estimate of drug-likeness (QED) is 0.0526. The van der Waals surface area contributed by atoms with Crippen molar-refractivity contribution >= 4 is 83.6 Å². The van der Waals surface area contributed by atoms with Crippen LogP contribution in [0.1, 0.15) is 65.8 Å². The molecule has 0 radical (unpaired) electrons. The lowest BCUT2D eigenvalue weighted by Gasteiger charge is -2.50. The van der Waals surface area contributed by atoms with Crippen molar-refractivity contribution in [2.75, 3.05) is 24.5 Å². The Morgan fingerprint density at radius 1 is 0.934 bits per heavy atom. The summed E-state index contributed by atoms with van der Waals surface area (Å²) in [5.74, 6) is -6.03. The number of hydrogen-bond donors (Lipinski definition) is 1. The van der Waals surface area contributed by atoms with Gasteiger partial charge in [0.15, 0.2) is 13.4 Å². The summed E-state index contributed by atoms with van der Waals surface area (Å²) in [5.41, 5.74) is -0.673. The minimum absolute atomic E-state index is 0.0170. The highest BCUT2D eigenvalue weighted by Crippen LogP contribution is 2.53. The van der Waals surface area contributed by atoms with Gasteiger partial charge >= 0.3 is 23.9 Å². The van der Waals surface area contributed by atoms with E-state index in [1.807, 2.05) is 18.7 Å². The van der Waals surface area contributed by atoms with Gasteiger partial charge in [-0.1, -0.05) is 27.7 Å². The topological polar surface area (TPSA) is 248 Å². The van der Waals surface area contributed by atoms with Gasteiger partial charge in [0.05, 0.1) is 39.0 Å². The minimum Gasteiger partial charge on any atom is -0.413 e. The second-order valence-electron chi connectivity index (χ2n) is 16.2. The summed E-state index contributed by atoms with van der Waals surface area (Å²) in [4.78, 5) is 107. The molecule has 3 aliphatic heterocycles. The second kappa shape index (κ2) is 17.3. The molecule has 2 aromatic carbocycles. The summed E-state index contributed by atoms with van der Waals surface area (Å²) < 4.78 is 16.6. The van der Waals surface area contributed by atoms with Gasteiger partial charge in [-0.05, 0) is 49.3 Å². The van der Waals surface area contributed by atoms with Gasteiger partial charge in [-0.15, -0.1) is 23.1 Å². The van der Waals surface area contributed by atoms with Gasteiger partial charge in [0.25, 0.3) is 17.3 Å². The van der Waals surface area contributed by atoms with Crippen LogP contribution < -0.4 is 10.2 Å². The monoisotopic (exact) mass is 894 g/mol. The first-order valence-electron chi connectivity index (χ1n) is 19.0. The van der Waals surface area contributed by atoms with E-state index >= 15 is 0 Å². The smallest absolute Gasteiger partial charge is 0.363 e. The molecule has 0 spiro atoms. The molecule has 2 saturated heterocycles. The molecule has 3 aliphatic rings. The van der Waals surface area contributed by atoms with Gasteiger partial charge in [-0.2, -0.15) is 0 Å². The summed E-state index contributed by atoms with van der Waals surface area (Å²) in [6.45, 7) is 14.6. The van der Waals surface area contributed by atoms with Crippen molar-refractivity contribution in [1.29, 1.82) is 0 Å². The molecule has 4 heterocycles. The lowest BCUT2D eigenvalue weighted by Crippen LogP contribution is -2.65. The number of benzene rings is 2. The molecule has 322 valence electrons. The van der Waals surface area contributed by atoms with Crippen LogP contribution in [-0.4, -0.2) is 101 Å². The molecular formula is C39H42N6O13S2Si. The molecule has 2 fully saturated rings. The number of aromatic nitrogens is 1. The number of nitro benzene ring substituents is 2. The molecular weight excluding hydrogens is 853 g/mol. The van der Waals surface area contributed by atoms with Crippen molar-refractivity contribution in [1.82, 2.24) is 15.2 Å². The fourth-order valence-corrected chi connectivity index (χ4v) is 10.6. The number of nitrogens with one attached hydrogen (secondary N) is 1. The zero-order valence-corrected chi connectivity index (χ0v) is 36.7. The predicted molar refractivity (Wildman–Crippen MR) is 223 cm³/mol. The maximum Gasteiger partial charge on any atom is 0.363 e. The molecule has 1 aromatic heterocycles. The molecule has 6 rings (SSSR count). The van der Waals surface area contributed by atoms with E-state index in [0.29, 0.717) is 23.1 Å². The highest BCUT2D eigenvalue weighted by Gasteiger charge is 2.62. The van der Waals surface area contributed by atoms with Crippen LogP contribution >= 0.6 is 23.1 Å². The molecule has 0 unspecified atom stereocenters. The molecule has 19 nitrogen and oxygen atoms in total. The summed E-state index contributed by atoms with van der Waals surface area (Å²) in [6.07, 6.45) is -0.452. The maximum atomic E-state index is 13.9. The molecule has 1 N–H and O–H groups in total. The van der Waals surface area contributed by atoms with Crippen molar-refractivity contribution in [3.63, 3.8) is 0 Å². The SMILES string of the molecule is C[C@H](O[Si](C)(C)C(C)(C)C)[C@H]1C(=O)N2C(C(=O)OC(=O)c3ccc([N+](=O)[O-])cc3)=C(SC3CN(c4nc(C(=O)NCC(=O)OC(=O)c5ccc([N+](=O)[O-])cc5)cs4)C3)[C@H](C)[C@H]12. The van der Waals surface area contributed by atoms with Gasteiger partial charge in [0, 0.05) is 58.8 Å². The van der Waals surface area contributed by atoms with Crippen LogP contribution in [0, 0.1) is 32.1 Å². The van der Waals surface area contributed by atoms with Gasteiger partial charge in [-0.3, -0.25) is 29.8 Å². The summed E-state index contributed by atoms with van der Waals surface area (Å²) >= 11 is 2.58. The van der Waals surface area contributed by atoms with E-state index in [1.54, 1.807) is 0 Å². The van der Waals surface area contributed by atoms with Gasteiger partial charge < -0.3 is 29.0 Å². The van der Waals surface area contributed by atoms with Crippen LogP contribution in [0.4, 0.5) is 16.5 Å². The third kappa shape index (κ3) is 9.26. The highest BCUT2D eigenvalue weighted by atomic mass is 32.2. The number of nitrogens with zero attached hydrogens (tertiary/aromatic N) is 5. The van der Waals surface area contributed by atoms with Crippen molar-refractivity contribution in [3.05, 3.63) is 102 Å². The third-order valence-corrected chi connectivity index (χ3v) is 18.0. The Bertz CT molecular complexity index is 2340. The number of carbonyl (C=O) groups is 6. The Morgan fingerprint density at radius 2 is 1.48 bits per heavy atom. The van der Waals surface area contributed by atoms with E-state index in [0.717, 1.165) is 36.4 Å². The van der Waals surface area contributed by atoms with E-state index in [2.05, 4.69) is 44.2 Å².